The van der Waals surface area contributed by atoms with Crippen molar-refractivity contribution < 1.29 is 9.53 Å². The number of ether oxygens (including phenoxy) is 1. The van der Waals surface area contributed by atoms with E-state index in [0.29, 0.717) is 23.1 Å². The lowest BCUT2D eigenvalue weighted by Gasteiger charge is -2.09. The summed E-state index contributed by atoms with van der Waals surface area (Å²) in [5.41, 5.74) is 0.667. The lowest BCUT2D eigenvalue weighted by Crippen LogP contribution is -2.14. The molecule has 0 aliphatic carbocycles. The number of aromatic nitrogens is 2. The van der Waals surface area contributed by atoms with Gasteiger partial charge in [0, 0.05) is 5.69 Å². The van der Waals surface area contributed by atoms with Crippen LogP contribution < -0.4 is 10.1 Å². The van der Waals surface area contributed by atoms with Crippen molar-refractivity contribution in [1.29, 1.82) is 0 Å². The van der Waals surface area contributed by atoms with E-state index >= 15 is 0 Å². The fourth-order valence-corrected chi connectivity index (χ4v) is 1.94. The topological polar surface area (TPSA) is 64.1 Å². The maximum absolute atomic E-state index is 12.0. The van der Waals surface area contributed by atoms with E-state index in [1.165, 1.54) is 12.4 Å². The molecule has 0 saturated heterocycles. The molecule has 110 valence electrons. The number of nitrogens with zero attached hydrogens (tertiary/aromatic N) is 2. The molecule has 0 radical (unpaired) electrons. The van der Waals surface area contributed by atoms with Gasteiger partial charge in [-0.05, 0) is 24.6 Å². The average molecular weight is 326 g/mol. The first-order chi connectivity index (χ1) is 10.1. The minimum atomic E-state index is -0.414. The molecule has 1 aromatic carbocycles. The second-order valence-corrected chi connectivity index (χ2v) is 4.97. The van der Waals surface area contributed by atoms with E-state index in [4.69, 9.17) is 27.9 Å². The molecule has 0 fully saturated rings. The molecule has 0 spiro atoms. The summed E-state index contributed by atoms with van der Waals surface area (Å²) in [5.74, 6) is 0.169. The number of amides is 1. The average Bonchev–Trinajstić information content (AvgIpc) is 2.46. The molecule has 1 amide bonds. The number of rotatable bonds is 5. The molecule has 1 heterocycles. The number of halogens is 2. The van der Waals surface area contributed by atoms with Gasteiger partial charge < -0.3 is 10.1 Å². The molecule has 2 rings (SSSR count). The van der Waals surface area contributed by atoms with E-state index in [9.17, 15) is 4.79 Å². The second kappa shape index (κ2) is 7.24. The van der Waals surface area contributed by atoms with Gasteiger partial charge in [0.15, 0.2) is 0 Å². The third-order valence-electron chi connectivity index (χ3n) is 2.49. The van der Waals surface area contributed by atoms with Gasteiger partial charge in [-0.1, -0.05) is 30.1 Å². The van der Waals surface area contributed by atoms with Crippen molar-refractivity contribution in [2.24, 2.45) is 0 Å². The molecule has 2 aromatic rings. The Balaban J connectivity index is 2.09. The van der Waals surface area contributed by atoms with Crippen LogP contribution in [0.2, 0.25) is 10.2 Å². The normalized spacial score (nSPS) is 10.2. The van der Waals surface area contributed by atoms with Crippen LogP contribution in [0.5, 0.6) is 5.75 Å². The van der Waals surface area contributed by atoms with Gasteiger partial charge in [0.1, 0.15) is 16.6 Å². The van der Waals surface area contributed by atoms with Crippen LogP contribution in [-0.2, 0) is 0 Å². The molecule has 0 aliphatic heterocycles. The zero-order valence-electron chi connectivity index (χ0n) is 11.3. The quantitative estimate of drug-likeness (QED) is 0.907. The second-order valence-electron chi connectivity index (χ2n) is 4.17. The van der Waals surface area contributed by atoms with Crippen LogP contribution >= 0.6 is 23.2 Å². The summed E-state index contributed by atoms with van der Waals surface area (Å²) >= 11 is 11.8. The van der Waals surface area contributed by atoms with E-state index in [1.807, 2.05) is 6.92 Å². The SMILES string of the molecule is CCCOc1ccc(NC(=O)c2cncc(Cl)n2)cc1Cl. The fourth-order valence-electron chi connectivity index (χ4n) is 1.55. The third kappa shape index (κ3) is 4.31. The van der Waals surface area contributed by atoms with Crippen molar-refractivity contribution in [2.75, 3.05) is 11.9 Å². The zero-order valence-corrected chi connectivity index (χ0v) is 12.8. The number of hydrogen-bond donors (Lipinski definition) is 1. The fraction of sp³-hybridized carbons (Fsp3) is 0.214. The summed E-state index contributed by atoms with van der Waals surface area (Å²) in [4.78, 5) is 19.7. The Bertz CT molecular complexity index is 650. The molecule has 7 heteroatoms. The molecule has 1 aromatic heterocycles. The van der Waals surface area contributed by atoms with Crippen LogP contribution in [0.3, 0.4) is 0 Å². The van der Waals surface area contributed by atoms with Crippen LogP contribution in [0, 0.1) is 0 Å². The Morgan fingerprint density at radius 3 is 2.81 bits per heavy atom. The van der Waals surface area contributed by atoms with Gasteiger partial charge in [0.25, 0.3) is 5.91 Å². The number of anilines is 1. The summed E-state index contributed by atoms with van der Waals surface area (Å²) in [7, 11) is 0. The minimum Gasteiger partial charge on any atom is -0.492 e. The molecule has 0 bridgehead atoms. The predicted octanol–water partition coefficient (Wildman–Crippen LogP) is 3.82. The lowest BCUT2D eigenvalue weighted by molar-refractivity contribution is 0.102. The molecule has 1 N–H and O–H groups in total. The third-order valence-corrected chi connectivity index (χ3v) is 2.97. The molecule has 0 aliphatic rings. The highest BCUT2D eigenvalue weighted by molar-refractivity contribution is 6.32. The maximum Gasteiger partial charge on any atom is 0.275 e. The van der Waals surface area contributed by atoms with Crippen LogP contribution in [-0.4, -0.2) is 22.5 Å². The summed E-state index contributed by atoms with van der Waals surface area (Å²) in [6.07, 6.45) is 3.58. The predicted molar refractivity (Wildman–Crippen MR) is 82.2 cm³/mol. The first-order valence-electron chi connectivity index (χ1n) is 6.31. The van der Waals surface area contributed by atoms with Crippen LogP contribution in [0.1, 0.15) is 23.8 Å². The van der Waals surface area contributed by atoms with Gasteiger partial charge in [0.05, 0.1) is 24.0 Å². The first kappa shape index (κ1) is 15.5. The summed E-state index contributed by atoms with van der Waals surface area (Å²) in [5, 5.41) is 3.26. The van der Waals surface area contributed by atoms with E-state index < -0.39 is 5.91 Å². The van der Waals surface area contributed by atoms with Crippen molar-refractivity contribution >= 4 is 34.8 Å². The van der Waals surface area contributed by atoms with Gasteiger partial charge in [0.2, 0.25) is 0 Å². The Hall–Kier alpha value is -1.85. The maximum atomic E-state index is 12.0. The molecule has 0 saturated carbocycles. The van der Waals surface area contributed by atoms with Gasteiger partial charge in [-0.3, -0.25) is 9.78 Å². The molecule has 5 nitrogen and oxygen atoms in total. The highest BCUT2D eigenvalue weighted by Gasteiger charge is 2.10. The number of benzene rings is 1. The largest absolute Gasteiger partial charge is 0.492 e. The highest BCUT2D eigenvalue weighted by atomic mass is 35.5. The zero-order chi connectivity index (χ0) is 15.2. The minimum absolute atomic E-state index is 0.130. The smallest absolute Gasteiger partial charge is 0.275 e. The monoisotopic (exact) mass is 325 g/mol. The van der Waals surface area contributed by atoms with E-state index in [0.717, 1.165) is 6.42 Å². The Labute approximate surface area is 132 Å². The van der Waals surface area contributed by atoms with Crippen molar-refractivity contribution in [1.82, 2.24) is 9.97 Å². The van der Waals surface area contributed by atoms with Crippen LogP contribution in [0.25, 0.3) is 0 Å². The van der Waals surface area contributed by atoms with Crippen molar-refractivity contribution in [3.63, 3.8) is 0 Å². The Morgan fingerprint density at radius 2 is 2.14 bits per heavy atom. The number of hydrogen-bond acceptors (Lipinski definition) is 4. The van der Waals surface area contributed by atoms with Gasteiger partial charge in [-0.2, -0.15) is 0 Å². The first-order valence-corrected chi connectivity index (χ1v) is 7.07. The molecule has 21 heavy (non-hydrogen) atoms. The van der Waals surface area contributed by atoms with E-state index in [-0.39, 0.29) is 10.8 Å². The Morgan fingerprint density at radius 1 is 1.33 bits per heavy atom. The van der Waals surface area contributed by atoms with Crippen molar-refractivity contribution in [2.45, 2.75) is 13.3 Å². The molecular formula is C14H13Cl2N3O2. The molecular weight excluding hydrogens is 313 g/mol. The van der Waals surface area contributed by atoms with E-state index in [2.05, 4.69) is 15.3 Å². The lowest BCUT2D eigenvalue weighted by atomic mass is 10.3. The van der Waals surface area contributed by atoms with E-state index in [1.54, 1.807) is 18.2 Å². The van der Waals surface area contributed by atoms with Gasteiger partial charge in [-0.25, -0.2) is 4.98 Å². The van der Waals surface area contributed by atoms with Gasteiger partial charge >= 0.3 is 0 Å². The van der Waals surface area contributed by atoms with Crippen molar-refractivity contribution in [3.8, 4) is 5.75 Å². The molecule has 0 atom stereocenters. The summed E-state index contributed by atoms with van der Waals surface area (Å²) in [6, 6.07) is 5.02. The number of nitrogens with one attached hydrogen (secondary N) is 1. The highest BCUT2D eigenvalue weighted by Crippen LogP contribution is 2.28. The van der Waals surface area contributed by atoms with Crippen molar-refractivity contribution in [3.05, 3.63) is 46.5 Å². The molecule has 0 unspecified atom stereocenters. The van der Waals surface area contributed by atoms with Crippen LogP contribution in [0.15, 0.2) is 30.6 Å². The standard InChI is InChI=1S/C14H13Cl2N3O2/c1-2-5-21-12-4-3-9(6-10(12)15)18-14(20)11-7-17-8-13(16)19-11/h3-4,6-8H,2,5H2,1H3,(H,18,20). The number of carbonyl (C=O) groups excluding carboxylic acids is 1. The van der Waals surface area contributed by atoms with Gasteiger partial charge in [-0.15, -0.1) is 0 Å². The summed E-state index contributed by atoms with van der Waals surface area (Å²) < 4.78 is 5.46. The number of carbonyl (C=O) groups is 1. The Kier molecular flexibility index (Phi) is 5.36. The summed E-state index contributed by atoms with van der Waals surface area (Å²) in [6.45, 7) is 2.60. The van der Waals surface area contributed by atoms with Crippen LogP contribution in [0.4, 0.5) is 5.69 Å².